The highest BCUT2D eigenvalue weighted by Crippen LogP contribution is 2.12. The number of hydrogen-bond acceptors (Lipinski definition) is 4. The summed E-state index contributed by atoms with van der Waals surface area (Å²) in [5.41, 5.74) is 1.14. The molecular weight excluding hydrogens is 268 g/mol. The molecule has 0 radical (unpaired) electrons. The lowest BCUT2D eigenvalue weighted by molar-refractivity contribution is -0.140. The lowest BCUT2D eigenvalue weighted by atomic mass is 10.0. The van der Waals surface area contributed by atoms with Gasteiger partial charge in [0.25, 0.3) is 0 Å². The normalized spacial score (nSPS) is 11.3. The number of carbonyl (C=O) groups excluding carboxylic acids is 2. The van der Waals surface area contributed by atoms with E-state index >= 15 is 0 Å². The van der Waals surface area contributed by atoms with Gasteiger partial charge in [-0.3, -0.25) is 0 Å². The van der Waals surface area contributed by atoms with Gasteiger partial charge in [-0.2, -0.15) is 0 Å². The monoisotopic (exact) mass is 290 g/mol. The van der Waals surface area contributed by atoms with E-state index in [0.717, 1.165) is 6.42 Å². The molecule has 114 valence electrons. The third-order valence-electron chi connectivity index (χ3n) is 2.84. The molecule has 0 heterocycles. The molecule has 0 saturated carbocycles. The molecule has 0 aromatic heterocycles. The minimum atomic E-state index is -0.417. The molecule has 1 rings (SSSR count). The van der Waals surface area contributed by atoms with Crippen LogP contribution in [0.15, 0.2) is 42.0 Å². The number of esters is 2. The highest BCUT2D eigenvalue weighted by atomic mass is 16.6. The van der Waals surface area contributed by atoms with Crippen LogP contribution in [0.1, 0.15) is 37.6 Å². The van der Waals surface area contributed by atoms with Crippen LogP contribution in [0.4, 0.5) is 0 Å². The van der Waals surface area contributed by atoms with E-state index in [0.29, 0.717) is 11.1 Å². The molecule has 0 bridgehead atoms. The molecule has 21 heavy (non-hydrogen) atoms. The van der Waals surface area contributed by atoms with Gasteiger partial charge in [0.1, 0.15) is 13.2 Å². The summed E-state index contributed by atoms with van der Waals surface area (Å²) in [6, 6.07) is 8.71. The molecule has 1 aromatic carbocycles. The predicted molar refractivity (Wildman–Crippen MR) is 80.9 cm³/mol. The average Bonchev–Trinajstić information content (AvgIpc) is 2.49. The fraction of sp³-hybridized carbons (Fsp3) is 0.412. The van der Waals surface area contributed by atoms with Gasteiger partial charge >= 0.3 is 11.9 Å². The Morgan fingerprint density at radius 1 is 1.10 bits per heavy atom. The molecule has 0 fully saturated rings. The summed E-state index contributed by atoms with van der Waals surface area (Å²) in [4.78, 5) is 23.5. The van der Waals surface area contributed by atoms with Gasteiger partial charge in [0, 0.05) is 5.57 Å². The van der Waals surface area contributed by atoms with E-state index in [1.165, 1.54) is 0 Å². The van der Waals surface area contributed by atoms with Gasteiger partial charge < -0.3 is 9.47 Å². The molecule has 0 saturated heterocycles. The zero-order chi connectivity index (χ0) is 15.7. The van der Waals surface area contributed by atoms with Crippen LogP contribution in [-0.4, -0.2) is 25.2 Å². The summed E-state index contributed by atoms with van der Waals surface area (Å²) >= 11 is 0. The van der Waals surface area contributed by atoms with Crippen molar-refractivity contribution in [3.63, 3.8) is 0 Å². The van der Waals surface area contributed by atoms with Crippen LogP contribution in [0.25, 0.3) is 0 Å². The van der Waals surface area contributed by atoms with Crippen LogP contribution in [0.2, 0.25) is 0 Å². The summed E-state index contributed by atoms with van der Waals surface area (Å²) in [5, 5.41) is 0. The van der Waals surface area contributed by atoms with Crippen molar-refractivity contribution in [2.45, 2.75) is 27.2 Å². The van der Waals surface area contributed by atoms with Gasteiger partial charge in [-0.1, -0.05) is 45.0 Å². The second-order valence-corrected chi connectivity index (χ2v) is 4.86. The van der Waals surface area contributed by atoms with Crippen LogP contribution < -0.4 is 0 Å². The van der Waals surface area contributed by atoms with Crippen molar-refractivity contribution in [3.8, 4) is 0 Å². The number of benzene rings is 1. The van der Waals surface area contributed by atoms with Gasteiger partial charge in [0.2, 0.25) is 0 Å². The third-order valence-corrected chi connectivity index (χ3v) is 2.84. The second kappa shape index (κ2) is 8.95. The molecule has 0 aliphatic rings. The maximum atomic E-state index is 11.9. The van der Waals surface area contributed by atoms with Crippen molar-refractivity contribution < 1.29 is 19.1 Å². The fourth-order valence-corrected chi connectivity index (χ4v) is 1.78. The molecule has 0 aliphatic carbocycles. The largest absolute Gasteiger partial charge is 0.459 e. The Morgan fingerprint density at radius 2 is 1.71 bits per heavy atom. The van der Waals surface area contributed by atoms with Gasteiger partial charge in [-0.15, -0.1) is 0 Å². The standard InChI is InChI=1S/C17H22O4/c1-4-8-15(13(2)3)17(19)21-12-11-20-16(18)14-9-6-5-7-10-14/h5-10,13H,4,11-12H2,1-3H3. The van der Waals surface area contributed by atoms with Gasteiger partial charge in [0.15, 0.2) is 0 Å². The number of rotatable bonds is 7. The van der Waals surface area contributed by atoms with E-state index in [1.54, 1.807) is 24.3 Å². The maximum Gasteiger partial charge on any atom is 0.338 e. The Labute approximate surface area is 125 Å². The topological polar surface area (TPSA) is 52.6 Å². The molecule has 0 amide bonds. The minimum Gasteiger partial charge on any atom is -0.459 e. The lowest BCUT2D eigenvalue weighted by Crippen LogP contribution is -2.17. The van der Waals surface area contributed by atoms with E-state index in [-0.39, 0.29) is 25.1 Å². The summed E-state index contributed by atoms with van der Waals surface area (Å²) in [6.45, 7) is 5.97. The smallest absolute Gasteiger partial charge is 0.338 e. The summed E-state index contributed by atoms with van der Waals surface area (Å²) in [7, 11) is 0. The highest BCUT2D eigenvalue weighted by molar-refractivity contribution is 5.89. The van der Waals surface area contributed by atoms with Gasteiger partial charge in [-0.25, -0.2) is 9.59 Å². The van der Waals surface area contributed by atoms with Crippen molar-refractivity contribution in [1.29, 1.82) is 0 Å². The third kappa shape index (κ3) is 5.81. The molecule has 0 unspecified atom stereocenters. The van der Waals surface area contributed by atoms with Gasteiger partial charge in [-0.05, 0) is 24.5 Å². The lowest BCUT2D eigenvalue weighted by Gasteiger charge is -2.11. The molecule has 0 aliphatic heterocycles. The first-order valence-corrected chi connectivity index (χ1v) is 7.15. The van der Waals surface area contributed by atoms with Crippen LogP contribution in [0.5, 0.6) is 0 Å². The van der Waals surface area contributed by atoms with Crippen LogP contribution >= 0.6 is 0 Å². The van der Waals surface area contributed by atoms with E-state index in [1.807, 2.05) is 32.9 Å². The zero-order valence-electron chi connectivity index (χ0n) is 12.8. The Kier molecular flexibility index (Phi) is 7.23. The fourth-order valence-electron chi connectivity index (χ4n) is 1.78. The van der Waals surface area contributed by atoms with Crippen molar-refractivity contribution in [2.24, 2.45) is 5.92 Å². The first-order valence-electron chi connectivity index (χ1n) is 7.15. The molecule has 0 N–H and O–H groups in total. The van der Waals surface area contributed by atoms with Crippen LogP contribution in [0, 0.1) is 5.92 Å². The second-order valence-electron chi connectivity index (χ2n) is 4.86. The van der Waals surface area contributed by atoms with Crippen molar-refractivity contribution >= 4 is 11.9 Å². The van der Waals surface area contributed by atoms with E-state index in [2.05, 4.69) is 0 Å². The molecular formula is C17H22O4. The Hall–Kier alpha value is -2.10. The quantitative estimate of drug-likeness (QED) is 0.439. The highest BCUT2D eigenvalue weighted by Gasteiger charge is 2.14. The summed E-state index contributed by atoms with van der Waals surface area (Å²) in [6.07, 6.45) is 2.65. The van der Waals surface area contributed by atoms with Crippen molar-refractivity contribution in [2.75, 3.05) is 13.2 Å². The van der Waals surface area contributed by atoms with Crippen LogP contribution in [0.3, 0.4) is 0 Å². The number of carbonyl (C=O) groups is 2. The van der Waals surface area contributed by atoms with Crippen molar-refractivity contribution in [3.05, 3.63) is 47.5 Å². The molecule has 0 atom stereocenters. The number of ether oxygens (including phenoxy) is 2. The van der Waals surface area contributed by atoms with E-state index in [9.17, 15) is 9.59 Å². The Bertz CT molecular complexity index is 489. The number of allylic oxidation sites excluding steroid dienone is 1. The Balaban J connectivity index is 2.35. The van der Waals surface area contributed by atoms with E-state index < -0.39 is 5.97 Å². The minimum absolute atomic E-state index is 0.0525. The molecule has 1 aromatic rings. The summed E-state index contributed by atoms with van der Waals surface area (Å²) < 4.78 is 10.2. The van der Waals surface area contributed by atoms with E-state index in [4.69, 9.17) is 9.47 Å². The SMILES string of the molecule is CCC=C(C(=O)OCCOC(=O)c1ccccc1)C(C)C. The predicted octanol–water partition coefficient (Wildman–Crippen LogP) is 3.38. The van der Waals surface area contributed by atoms with Crippen molar-refractivity contribution in [1.82, 2.24) is 0 Å². The zero-order valence-corrected chi connectivity index (χ0v) is 12.8. The summed E-state index contributed by atoms with van der Waals surface area (Å²) in [5.74, 6) is -0.647. The number of hydrogen-bond donors (Lipinski definition) is 0. The first kappa shape index (κ1) is 17.0. The van der Waals surface area contributed by atoms with Crippen LogP contribution in [-0.2, 0) is 14.3 Å². The molecule has 4 heteroatoms. The molecule has 4 nitrogen and oxygen atoms in total. The maximum absolute atomic E-state index is 11.9. The first-order chi connectivity index (χ1) is 10.1. The Morgan fingerprint density at radius 3 is 2.29 bits per heavy atom. The average molecular weight is 290 g/mol. The van der Waals surface area contributed by atoms with Gasteiger partial charge in [0.05, 0.1) is 5.56 Å². The molecule has 0 spiro atoms.